The van der Waals surface area contributed by atoms with Crippen molar-refractivity contribution in [2.24, 2.45) is 11.7 Å². The second kappa shape index (κ2) is 5.61. The Kier molecular flexibility index (Phi) is 4.28. The first-order chi connectivity index (χ1) is 8.92. The van der Waals surface area contributed by atoms with Crippen LogP contribution in [0.25, 0.3) is 0 Å². The van der Waals surface area contributed by atoms with Crippen LogP contribution in [0.2, 0.25) is 0 Å². The number of benzene rings is 1. The van der Waals surface area contributed by atoms with Gasteiger partial charge in [-0.2, -0.15) is 4.31 Å². The molecule has 0 spiro atoms. The zero-order chi connectivity index (χ0) is 14.0. The third-order valence-electron chi connectivity index (χ3n) is 3.69. The van der Waals surface area contributed by atoms with Crippen molar-refractivity contribution in [1.82, 2.24) is 4.31 Å². The molecule has 0 aliphatic carbocycles. The molecule has 2 unspecified atom stereocenters. The molecule has 2 atom stereocenters. The summed E-state index contributed by atoms with van der Waals surface area (Å²) in [5.74, 6) is 0.527. The molecule has 1 aliphatic rings. The lowest BCUT2D eigenvalue weighted by Gasteiger charge is -2.21. The average molecular weight is 282 g/mol. The van der Waals surface area contributed by atoms with Crippen LogP contribution in [0.1, 0.15) is 31.4 Å². The van der Waals surface area contributed by atoms with Crippen LogP contribution >= 0.6 is 0 Å². The molecule has 19 heavy (non-hydrogen) atoms. The quantitative estimate of drug-likeness (QED) is 0.914. The summed E-state index contributed by atoms with van der Waals surface area (Å²) >= 11 is 0. The summed E-state index contributed by atoms with van der Waals surface area (Å²) < 4.78 is 26.5. The van der Waals surface area contributed by atoms with Gasteiger partial charge in [0.2, 0.25) is 10.0 Å². The predicted octanol–water partition coefficient (Wildman–Crippen LogP) is 1.71. The van der Waals surface area contributed by atoms with Crippen molar-refractivity contribution in [1.29, 1.82) is 0 Å². The molecule has 0 saturated carbocycles. The van der Waals surface area contributed by atoms with Gasteiger partial charge in [-0.25, -0.2) is 8.42 Å². The summed E-state index contributed by atoms with van der Waals surface area (Å²) in [6.45, 7) is 5.21. The minimum absolute atomic E-state index is 0.0783. The third kappa shape index (κ3) is 3.35. The Morgan fingerprint density at radius 3 is 2.26 bits per heavy atom. The number of sulfonamides is 1. The Hall–Kier alpha value is -0.910. The van der Waals surface area contributed by atoms with E-state index in [2.05, 4.69) is 6.92 Å². The van der Waals surface area contributed by atoms with Crippen molar-refractivity contribution in [3.8, 4) is 0 Å². The van der Waals surface area contributed by atoms with E-state index in [1.807, 2.05) is 31.2 Å². The molecule has 5 heteroatoms. The van der Waals surface area contributed by atoms with E-state index in [9.17, 15) is 8.42 Å². The lowest BCUT2D eigenvalue weighted by Crippen LogP contribution is -2.34. The Balaban J connectivity index is 2.12. The maximum atomic E-state index is 12.4. The molecular formula is C14H22N2O2S. The topological polar surface area (TPSA) is 63.4 Å². The lowest BCUT2D eigenvalue weighted by molar-refractivity contribution is 0.405. The second-order valence-corrected chi connectivity index (χ2v) is 7.46. The maximum absolute atomic E-state index is 12.4. The third-order valence-corrected chi connectivity index (χ3v) is 5.61. The van der Waals surface area contributed by atoms with Gasteiger partial charge in [0.25, 0.3) is 0 Å². The number of rotatable bonds is 4. The fourth-order valence-electron chi connectivity index (χ4n) is 2.71. The van der Waals surface area contributed by atoms with Gasteiger partial charge in [-0.05, 0) is 30.4 Å². The average Bonchev–Trinajstić information content (AvgIpc) is 2.70. The molecule has 1 fully saturated rings. The molecule has 0 radical (unpaired) electrons. The molecule has 1 heterocycles. The van der Waals surface area contributed by atoms with E-state index >= 15 is 0 Å². The number of hydrogen-bond acceptors (Lipinski definition) is 3. The van der Waals surface area contributed by atoms with Gasteiger partial charge in [0.05, 0.1) is 5.75 Å². The fraction of sp³-hybridized carbons (Fsp3) is 0.571. The van der Waals surface area contributed by atoms with E-state index in [-0.39, 0.29) is 11.8 Å². The summed E-state index contributed by atoms with van der Waals surface area (Å²) in [6, 6.07) is 7.60. The van der Waals surface area contributed by atoms with E-state index in [1.54, 1.807) is 4.31 Å². The molecule has 0 amide bonds. The van der Waals surface area contributed by atoms with Gasteiger partial charge in [0, 0.05) is 19.1 Å². The Morgan fingerprint density at radius 1 is 1.21 bits per heavy atom. The highest BCUT2D eigenvalue weighted by Gasteiger charge is 2.34. The highest BCUT2D eigenvalue weighted by atomic mass is 32.2. The summed E-state index contributed by atoms with van der Waals surface area (Å²) in [5.41, 5.74) is 7.37. The molecule has 0 aromatic heterocycles. The highest BCUT2D eigenvalue weighted by Crippen LogP contribution is 2.27. The van der Waals surface area contributed by atoms with Crippen molar-refractivity contribution in [3.63, 3.8) is 0 Å². The molecule has 106 valence electrons. The van der Waals surface area contributed by atoms with Crippen LogP contribution in [0.5, 0.6) is 0 Å². The summed E-state index contributed by atoms with van der Waals surface area (Å²) in [7, 11) is -3.21. The van der Waals surface area contributed by atoms with Crippen LogP contribution in [0.15, 0.2) is 24.3 Å². The van der Waals surface area contributed by atoms with Crippen LogP contribution in [-0.2, 0) is 22.3 Å². The van der Waals surface area contributed by atoms with Crippen molar-refractivity contribution in [2.75, 3.05) is 6.54 Å². The molecule has 4 nitrogen and oxygen atoms in total. The monoisotopic (exact) mass is 282 g/mol. The van der Waals surface area contributed by atoms with Crippen molar-refractivity contribution in [2.45, 2.75) is 38.6 Å². The first-order valence-electron chi connectivity index (χ1n) is 6.70. The summed E-state index contributed by atoms with van der Waals surface area (Å²) in [6.07, 6.45) is 0.950. The summed E-state index contributed by atoms with van der Waals surface area (Å²) in [4.78, 5) is 0. The van der Waals surface area contributed by atoms with Gasteiger partial charge in [0.1, 0.15) is 0 Å². The van der Waals surface area contributed by atoms with Gasteiger partial charge < -0.3 is 5.73 Å². The molecule has 1 aromatic carbocycles. The largest absolute Gasteiger partial charge is 0.326 e. The van der Waals surface area contributed by atoms with Crippen LogP contribution in [0.4, 0.5) is 0 Å². The van der Waals surface area contributed by atoms with E-state index in [0.29, 0.717) is 19.0 Å². The molecule has 1 aliphatic heterocycles. The lowest BCUT2D eigenvalue weighted by atomic mass is 10.1. The Morgan fingerprint density at radius 2 is 1.79 bits per heavy atom. The smallest absolute Gasteiger partial charge is 0.218 e. The van der Waals surface area contributed by atoms with Gasteiger partial charge >= 0.3 is 0 Å². The Bertz CT molecular complexity index is 525. The summed E-state index contributed by atoms with van der Waals surface area (Å²) in [5, 5.41) is 0. The van der Waals surface area contributed by atoms with Gasteiger partial charge in [0.15, 0.2) is 0 Å². The van der Waals surface area contributed by atoms with Crippen LogP contribution in [0, 0.1) is 5.92 Å². The minimum atomic E-state index is -3.21. The first-order valence-corrected chi connectivity index (χ1v) is 8.30. The number of hydrogen-bond donors (Lipinski definition) is 1. The second-order valence-electron chi connectivity index (χ2n) is 5.54. The van der Waals surface area contributed by atoms with Crippen molar-refractivity contribution in [3.05, 3.63) is 35.4 Å². The van der Waals surface area contributed by atoms with Crippen LogP contribution in [0.3, 0.4) is 0 Å². The van der Waals surface area contributed by atoms with Gasteiger partial charge in [-0.3, -0.25) is 0 Å². The van der Waals surface area contributed by atoms with Crippen LogP contribution in [-0.4, -0.2) is 25.3 Å². The molecule has 1 saturated heterocycles. The number of nitrogens with two attached hydrogens (primary N) is 1. The normalized spacial score (nSPS) is 24.8. The standard InChI is InChI=1S/C14H22N2O2S/c1-11-7-12(2)16(9-11)19(17,18)10-14-5-3-13(8-15)4-6-14/h3-6,11-12H,7-10,15H2,1-2H3. The molecule has 0 bridgehead atoms. The van der Waals surface area contributed by atoms with Crippen molar-refractivity contribution < 1.29 is 8.42 Å². The highest BCUT2D eigenvalue weighted by molar-refractivity contribution is 7.88. The molecule has 2 rings (SSSR count). The SMILES string of the molecule is CC1CC(C)N(S(=O)(=O)Cc2ccc(CN)cc2)C1. The number of nitrogens with zero attached hydrogens (tertiary/aromatic N) is 1. The molecule has 2 N–H and O–H groups in total. The zero-order valence-electron chi connectivity index (χ0n) is 11.5. The predicted molar refractivity (Wildman–Crippen MR) is 76.9 cm³/mol. The minimum Gasteiger partial charge on any atom is -0.326 e. The van der Waals surface area contributed by atoms with E-state index in [0.717, 1.165) is 17.5 Å². The molecule has 1 aromatic rings. The fourth-order valence-corrected chi connectivity index (χ4v) is 4.61. The first kappa shape index (κ1) is 14.5. The zero-order valence-corrected chi connectivity index (χ0v) is 12.4. The maximum Gasteiger partial charge on any atom is 0.218 e. The Labute approximate surface area is 115 Å². The van der Waals surface area contributed by atoms with Crippen LogP contribution < -0.4 is 5.73 Å². The molecular weight excluding hydrogens is 260 g/mol. The van der Waals surface area contributed by atoms with E-state index in [4.69, 9.17) is 5.73 Å². The van der Waals surface area contributed by atoms with Gasteiger partial charge in [-0.1, -0.05) is 31.2 Å². The van der Waals surface area contributed by atoms with Gasteiger partial charge in [-0.15, -0.1) is 0 Å². The van der Waals surface area contributed by atoms with E-state index in [1.165, 1.54) is 0 Å². The van der Waals surface area contributed by atoms with E-state index < -0.39 is 10.0 Å². The van der Waals surface area contributed by atoms with Crippen molar-refractivity contribution >= 4 is 10.0 Å².